The molecule has 0 saturated heterocycles. The second kappa shape index (κ2) is 7.03. The summed E-state index contributed by atoms with van der Waals surface area (Å²) in [5.74, 6) is 0.959. The number of anilines is 1. The smallest absolute Gasteiger partial charge is 0.266 e. The molecule has 2 N–H and O–H groups in total. The van der Waals surface area contributed by atoms with Gasteiger partial charge >= 0.3 is 0 Å². The summed E-state index contributed by atoms with van der Waals surface area (Å²) in [5.41, 5.74) is 6.78. The molecule has 0 spiro atoms. The Kier molecular flexibility index (Phi) is 5.57. The monoisotopic (exact) mass is 386 g/mol. The summed E-state index contributed by atoms with van der Waals surface area (Å²) in [5, 5.41) is 0.956. The zero-order valence-electron chi connectivity index (χ0n) is 12.4. The standard InChI is InChI=1S/C15H19BrN2OS2/c1-4-10(8-20-3)18(2)15(19)14-13(17)11-6-5-9(16)7-12(11)21-14/h5-7,10H,4,8,17H2,1-3H3. The third kappa shape index (κ3) is 3.38. The van der Waals surface area contributed by atoms with Crippen molar-refractivity contribution in [1.29, 1.82) is 0 Å². The summed E-state index contributed by atoms with van der Waals surface area (Å²) < 4.78 is 2.04. The number of carbonyl (C=O) groups is 1. The van der Waals surface area contributed by atoms with Crippen LogP contribution in [0.1, 0.15) is 23.0 Å². The molecule has 1 atom stereocenters. The molecule has 1 aromatic heterocycles. The van der Waals surface area contributed by atoms with Crippen LogP contribution in [-0.2, 0) is 0 Å². The number of carbonyl (C=O) groups excluding carboxylic acids is 1. The molecule has 21 heavy (non-hydrogen) atoms. The first-order valence-electron chi connectivity index (χ1n) is 6.73. The number of benzene rings is 1. The first kappa shape index (κ1) is 16.6. The number of rotatable bonds is 5. The Morgan fingerprint density at radius 1 is 1.52 bits per heavy atom. The second-order valence-electron chi connectivity index (χ2n) is 4.92. The van der Waals surface area contributed by atoms with Gasteiger partial charge in [-0.2, -0.15) is 11.8 Å². The van der Waals surface area contributed by atoms with Gasteiger partial charge in [0.25, 0.3) is 5.91 Å². The summed E-state index contributed by atoms with van der Waals surface area (Å²) in [6.07, 6.45) is 3.01. The number of nitrogens with two attached hydrogens (primary N) is 1. The van der Waals surface area contributed by atoms with Gasteiger partial charge in [-0.25, -0.2) is 0 Å². The first-order chi connectivity index (χ1) is 9.99. The number of nitrogen functional groups attached to an aromatic ring is 1. The molecule has 0 radical (unpaired) electrons. The van der Waals surface area contributed by atoms with Gasteiger partial charge in [0.15, 0.2) is 0 Å². The Morgan fingerprint density at radius 3 is 2.86 bits per heavy atom. The molecule has 6 heteroatoms. The Hall–Kier alpha value is -0.720. The summed E-state index contributed by atoms with van der Waals surface area (Å²) in [7, 11) is 1.87. The Labute approximate surface area is 142 Å². The molecular formula is C15H19BrN2OS2. The predicted octanol–water partition coefficient (Wildman–Crippen LogP) is 4.46. The molecule has 3 nitrogen and oxygen atoms in total. The number of thiophene rings is 1. The predicted molar refractivity (Wildman–Crippen MR) is 98.5 cm³/mol. The number of hydrogen-bond acceptors (Lipinski definition) is 4. The number of amides is 1. The Bertz CT molecular complexity index is 656. The van der Waals surface area contributed by atoms with Gasteiger partial charge in [-0.3, -0.25) is 4.79 Å². The largest absolute Gasteiger partial charge is 0.397 e. The highest BCUT2D eigenvalue weighted by molar-refractivity contribution is 9.10. The summed E-state index contributed by atoms with van der Waals surface area (Å²) in [6.45, 7) is 2.11. The van der Waals surface area contributed by atoms with E-state index in [1.807, 2.05) is 30.1 Å². The minimum Gasteiger partial charge on any atom is -0.397 e. The van der Waals surface area contributed by atoms with Crippen molar-refractivity contribution in [2.45, 2.75) is 19.4 Å². The van der Waals surface area contributed by atoms with Crippen LogP contribution in [0.3, 0.4) is 0 Å². The van der Waals surface area contributed by atoms with Crippen molar-refractivity contribution in [2.24, 2.45) is 0 Å². The van der Waals surface area contributed by atoms with E-state index in [9.17, 15) is 4.79 Å². The topological polar surface area (TPSA) is 46.3 Å². The van der Waals surface area contributed by atoms with Crippen LogP contribution >= 0.6 is 39.0 Å². The molecule has 0 aliphatic heterocycles. The normalized spacial score (nSPS) is 12.6. The van der Waals surface area contributed by atoms with Crippen molar-refractivity contribution in [2.75, 3.05) is 24.8 Å². The van der Waals surface area contributed by atoms with Crippen LogP contribution in [0.2, 0.25) is 0 Å². The van der Waals surface area contributed by atoms with Crippen molar-refractivity contribution in [3.8, 4) is 0 Å². The SMILES string of the molecule is CCC(CSC)N(C)C(=O)c1sc2cc(Br)ccc2c1N. The lowest BCUT2D eigenvalue weighted by Crippen LogP contribution is -2.38. The lowest BCUT2D eigenvalue weighted by atomic mass is 10.2. The van der Waals surface area contributed by atoms with E-state index in [2.05, 4.69) is 29.1 Å². The quantitative estimate of drug-likeness (QED) is 0.824. The summed E-state index contributed by atoms with van der Waals surface area (Å²) in [6, 6.07) is 6.16. The number of halogens is 1. The zero-order valence-corrected chi connectivity index (χ0v) is 15.6. The van der Waals surface area contributed by atoms with Gasteiger partial charge in [-0.05, 0) is 24.8 Å². The maximum absolute atomic E-state index is 12.7. The highest BCUT2D eigenvalue weighted by Crippen LogP contribution is 2.36. The summed E-state index contributed by atoms with van der Waals surface area (Å²) in [4.78, 5) is 15.2. The van der Waals surface area contributed by atoms with Gasteiger partial charge in [0, 0.05) is 33.4 Å². The molecule has 2 rings (SSSR count). The van der Waals surface area contributed by atoms with Gasteiger partial charge in [0.1, 0.15) is 4.88 Å². The average molecular weight is 387 g/mol. The number of fused-ring (bicyclic) bond motifs is 1. The molecule has 1 heterocycles. The fraction of sp³-hybridized carbons (Fsp3) is 0.400. The molecule has 0 aliphatic carbocycles. The minimum atomic E-state index is 0.0192. The molecule has 0 fully saturated rings. The van der Waals surface area contributed by atoms with Crippen molar-refractivity contribution < 1.29 is 4.79 Å². The molecule has 1 unspecified atom stereocenters. The minimum absolute atomic E-state index is 0.0192. The van der Waals surface area contributed by atoms with E-state index < -0.39 is 0 Å². The van der Waals surface area contributed by atoms with Gasteiger partial charge in [0.2, 0.25) is 0 Å². The van der Waals surface area contributed by atoms with Crippen LogP contribution in [0, 0.1) is 0 Å². The molecule has 2 aromatic rings. The highest BCUT2D eigenvalue weighted by atomic mass is 79.9. The molecule has 1 aromatic carbocycles. The fourth-order valence-corrected chi connectivity index (χ4v) is 4.77. The fourth-order valence-electron chi connectivity index (χ4n) is 2.27. The van der Waals surface area contributed by atoms with Crippen LogP contribution in [0.5, 0.6) is 0 Å². The van der Waals surface area contributed by atoms with Crippen molar-refractivity contribution in [3.63, 3.8) is 0 Å². The number of thioether (sulfide) groups is 1. The van der Waals surface area contributed by atoms with Crippen LogP contribution in [0.4, 0.5) is 5.69 Å². The van der Waals surface area contributed by atoms with E-state index in [1.165, 1.54) is 11.3 Å². The third-order valence-electron chi connectivity index (χ3n) is 3.58. The Balaban J connectivity index is 2.36. The molecular weight excluding hydrogens is 368 g/mol. The van der Waals surface area contributed by atoms with E-state index in [0.717, 1.165) is 26.7 Å². The highest BCUT2D eigenvalue weighted by Gasteiger charge is 2.24. The zero-order chi connectivity index (χ0) is 15.6. The van der Waals surface area contributed by atoms with Gasteiger partial charge in [0.05, 0.1) is 5.69 Å². The van der Waals surface area contributed by atoms with E-state index in [-0.39, 0.29) is 11.9 Å². The van der Waals surface area contributed by atoms with E-state index >= 15 is 0 Å². The van der Waals surface area contributed by atoms with Crippen LogP contribution in [-0.4, -0.2) is 35.9 Å². The molecule has 114 valence electrons. The van der Waals surface area contributed by atoms with E-state index in [1.54, 1.807) is 11.8 Å². The lowest BCUT2D eigenvalue weighted by Gasteiger charge is -2.26. The molecule has 0 saturated carbocycles. The van der Waals surface area contributed by atoms with Crippen LogP contribution in [0.25, 0.3) is 10.1 Å². The first-order valence-corrected chi connectivity index (χ1v) is 9.73. The number of hydrogen-bond donors (Lipinski definition) is 1. The van der Waals surface area contributed by atoms with Crippen molar-refractivity contribution in [1.82, 2.24) is 4.90 Å². The molecule has 0 bridgehead atoms. The van der Waals surface area contributed by atoms with Gasteiger partial charge in [-0.1, -0.05) is 28.9 Å². The van der Waals surface area contributed by atoms with Crippen LogP contribution in [0.15, 0.2) is 22.7 Å². The number of nitrogens with zero attached hydrogens (tertiary/aromatic N) is 1. The van der Waals surface area contributed by atoms with Gasteiger partial charge in [-0.15, -0.1) is 11.3 Å². The molecule has 1 amide bonds. The molecule has 0 aliphatic rings. The van der Waals surface area contributed by atoms with Crippen molar-refractivity contribution in [3.05, 3.63) is 27.5 Å². The van der Waals surface area contributed by atoms with Crippen molar-refractivity contribution >= 4 is 60.7 Å². The van der Waals surface area contributed by atoms with Crippen LogP contribution < -0.4 is 5.73 Å². The third-order valence-corrected chi connectivity index (χ3v) is 5.95. The lowest BCUT2D eigenvalue weighted by molar-refractivity contribution is 0.0749. The van der Waals surface area contributed by atoms with E-state index in [0.29, 0.717) is 10.6 Å². The second-order valence-corrected chi connectivity index (χ2v) is 7.80. The maximum Gasteiger partial charge on any atom is 0.266 e. The Morgan fingerprint density at radius 2 is 2.24 bits per heavy atom. The van der Waals surface area contributed by atoms with E-state index in [4.69, 9.17) is 5.73 Å². The van der Waals surface area contributed by atoms with Gasteiger partial charge < -0.3 is 10.6 Å². The maximum atomic E-state index is 12.7. The summed E-state index contributed by atoms with van der Waals surface area (Å²) >= 11 is 6.68. The average Bonchev–Trinajstić information content (AvgIpc) is 2.79.